The second-order valence-corrected chi connectivity index (χ2v) is 8.28. The quantitative estimate of drug-likeness (QED) is 0.626. The van der Waals surface area contributed by atoms with Crippen molar-refractivity contribution < 1.29 is 9.18 Å². The van der Waals surface area contributed by atoms with Crippen LogP contribution in [-0.2, 0) is 6.54 Å². The molecule has 0 atom stereocenters. The number of carbonyl (C=O) groups excluding carboxylic acids is 1. The van der Waals surface area contributed by atoms with Crippen molar-refractivity contribution in [1.82, 2.24) is 19.8 Å². The average Bonchev–Trinajstić information content (AvgIpc) is 3.28. The molecule has 0 saturated carbocycles. The maximum Gasteiger partial charge on any atom is 0.256 e. The average molecular weight is 457 g/mol. The molecule has 1 aliphatic rings. The molecule has 0 spiro atoms. The van der Waals surface area contributed by atoms with Crippen LogP contribution in [0.15, 0.2) is 41.9 Å². The smallest absolute Gasteiger partial charge is 0.256 e. The largest absolute Gasteiger partial charge is 0.336 e. The Bertz CT molecular complexity index is 1130. The van der Waals surface area contributed by atoms with Gasteiger partial charge in [0.1, 0.15) is 5.82 Å². The van der Waals surface area contributed by atoms with E-state index in [2.05, 4.69) is 26.3 Å². The predicted molar refractivity (Wildman–Crippen MR) is 117 cm³/mol. The summed E-state index contributed by atoms with van der Waals surface area (Å²) in [5, 5.41) is 15.0. The molecule has 1 amide bonds. The van der Waals surface area contributed by atoms with Crippen LogP contribution in [0.4, 0.5) is 15.3 Å². The van der Waals surface area contributed by atoms with Gasteiger partial charge in [-0.1, -0.05) is 17.7 Å². The lowest BCUT2D eigenvalue weighted by Crippen LogP contribution is -2.48. The van der Waals surface area contributed by atoms with Crippen LogP contribution < -0.4 is 5.32 Å². The molecule has 4 rings (SSSR count). The van der Waals surface area contributed by atoms with E-state index in [1.165, 1.54) is 23.5 Å². The third-order valence-electron chi connectivity index (χ3n) is 4.90. The van der Waals surface area contributed by atoms with Gasteiger partial charge >= 0.3 is 0 Å². The standard InChI is InChI=1S/C21H18ClFN6OS/c22-17-3-1-2-16(19(17)23)20(30)29-7-5-28(6-8-29)13-15-10-14(12-24)11-18(26-15)27-21-25-4-9-31-21/h1-4,9-11H,5-8,13H2,(H,25,26,27). The minimum absolute atomic E-state index is 0.0118. The number of nitriles is 1. The Labute approximate surface area is 187 Å². The van der Waals surface area contributed by atoms with E-state index < -0.39 is 5.82 Å². The van der Waals surface area contributed by atoms with Crippen molar-refractivity contribution in [3.63, 3.8) is 0 Å². The number of thiazole rings is 1. The van der Waals surface area contributed by atoms with Crippen molar-refractivity contribution in [2.24, 2.45) is 0 Å². The molecule has 1 aromatic carbocycles. The van der Waals surface area contributed by atoms with Crippen LogP contribution in [0.25, 0.3) is 0 Å². The molecule has 3 heterocycles. The van der Waals surface area contributed by atoms with E-state index >= 15 is 0 Å². The maximum atomic E-state index is 14.2. The van der Waals surface area contributed by atoms with Crippen LogP contribution in [0.3, 0.4) is 0 Å². The van der Waals surface area contributed by atoms with Crippen LogP contribution in [0.5, 0.6) is 0 Å². The lowest BCUT2D eigenvalue weighted by atomic mass is 10.1. The van der Waals surface area contributed by atoms with E-state index in [9.17, 15) is 14.4 Å². The monoisotopic (exact) mass is 456 g/mol. The first-order valence-electron chi connectivity index (χ1n) is 9.56. The van der Waals surface area contributed by atoms with Gasteiger partial charge in [0.25, 0.3) is 5.91 Å². The van der Waals surface area contributed by atoms with Gasteiger partial charge in [-0.3, -0.25) is 9.69 Å². The molecule has 0 unspecified atom stereocenters. The summed E-state index contributed by atoms with van der Waals surface area (Å²) in [7, 11) is 0. The summed E-state index contributed by atoms with van der Waals surface area (Å²) in [6, 6.07) is 10.0. The van der Waals surface area contributed by atoms with Crippen molar-refractivity contribution >= 4 is 39.8 Å². The first-order valence-corrected chi connectivity index (χ1v) is 10.8. The van der Waals surface area contributed by atoms with E-state index in [-0.39, 0.29) is 16.5 Å². The summed E-state index contributed by atoms with van der Waals surface area (Å²) in [5.74, 6) is -0.484. The van der Waals surface area contributed by atoms with E-state index in [0.717, 1.165) is 5.69 Å². The number of amides is 1. The van der Waals surface area contributed by atoms with Gasteiger partial charge in [0, 0.05) is 44.3 Å². The van der Waals surface area contributed by atoms with Crippen molar-refractivity contribution in [3.8, 4) is 6.07 Å². The zero-order valence-corrected chi connectivity index (χ0v) is 18.0. The molecule has 0 aliphatic carbocycles. The molecule has 7 nitrogen and oxygen atoms in total. The molecule has 0 radical (unpaired) electrons. The third-order valence-corrected chi connectivity index (χ3v) is 5.88. The Hall–Kier alpha value is -3.06. The number of carbonyl (C=O) groups is 1. The normalized spacial score (nSPS) is 14.3. The van der Waals surface area contributed by atoms with Crippen molar-refractivity contribution in [3.05, 3.63) is 69.6 Å². The van der Waals surface area contributed by atoms with Gasteiger partial charge < -0.3 is 10.2 Å². The summed E-state index contributed by atoms with van der Waals surface area (Å²) < 4.78 is 14.2. The highest BCUT2D eigenvalue weighted by atomic mass is 35.5. The first kappa shape index (κ1) is 21.2. The molecule has 1 fully saturated rings. The predicted octanol–water partition coefficient (Wildman–Crippen LogP) is 3.90. The fraction of sp³-hybridized carbons (Fsp3) is 0.238. The molecular weight excluding hydrogens is 439 g/mol. The van der Waals surface area contributed by atoms with Gasteiger partial charge in [-0.15, -0.1) is 11.3 Å². The number of pyridine rings is 1. The molecule has 3 aromatic rings. The highest BCUT2D eigenvalue weighted by Gasteiger charge is 2.25. The maximum absolute atomic E-state index is 14.2. The fourth-order valence-electron chi connectivity index (χ4n) is 3.37. The molecule has 1 N–H and O–H groups in total. The number of hydrogen-bond acceptors (Lipinski definition) is 7. The second kappa shape index (κ2) is 9.39. The third kappa shape index (κ3) is 4.99. The molecular formula is C21H18ClFN6OS. The highest BCUT2D eigenvalue weighted by Crippen LogP contribution is 2.21. The van der Waals surface area contributed by atoms with E-state index in [1.54, 1.807) is 29.3 Å². The Kier molecular flexibility index (Phi) is 6.42. The number of benzene rings is 1. The van der Waals surface area contributed by atoms with Crippen LogP contribution in [0.2, 0.25) is 5.02 Å². The summed E-state index contributed by atoms with van der Waals surface area (Å²) in [6.07, 6.45) is 1.69. The molecule has 1 aliphatic heterocycles. The minimum Gasteiger partial charge on any atom is -0.336 e. The molecule has 158 valence electrons. The first-order chi connectivity index (χ1) is 15.0. The lowest BCUT2D eigenvalue weighted by molar-refractivity contribution is 0.0622. The molecule has 31 heavy (non-hydrogen) atoms. The van der Waals surface area contributed by atoms with Crippen molar-refractivity contribution in [1.29, 1.82) is 5.26 Å². The molecule has 2 aromatic heterocycles. The second-order valence-electron chi connectivity index (χ2n) is 6.98. The van der Waals surface area contributed by atoms with Gasteiger partial charge in [0.15, 0.2) is 10.9 Å². The van der Waals surface area contributed by atoms with Crippen LogP contribution >= 0.6 is 22.9 Å². The van der Waals surface area contributed by atoms with Crippen LogP contribution in [0.1, 0.15) is 21.6 Å². The highest BCUT2D eigenvalue weighted by molar-refractivity contribution is 7.13. The van der Waals surface area contributed by atoms with Crippen molar-refractivity contribution in [2.45, 2.75) is 6.54 Å². The minimum atomic E-state index is -0.686. The van der Waals surface area contributed by atoms with Gasteiger partial charge in [0.2, 0.25) is 0 Å². The number of hydrogen-bond donors (Lipinski definition) is 1. The van der Waals surface area contributed by atoms with Crippen molar-refractivity contribution in [2.75, 3.05) is 31.5 Å². The summed E-state index contributed by atoms with van der Waals surface area (Å²) in [6.45, 7) is 2.69. The van der Waals surface area contributed by atoms with Crippen LogP contribution in [0, 0.1) is 17.1 Å². The number of halogens is 2. The molecule has 10 heteroatoms. The lowest BCUT2D eigenvalue weighted by Gasteiger charge is -2.34. The number of rotatable bonds is 5. The Morgan fingerprint density at radius 2 is 2.10 bits per heavy atom. The van der Waals surface area contributed by atoms with E-state index in [1.807, 2.05) is 5.38 Å². The number of piperazine rings is 1. The summed E-state index contributed by atoms with van der Waals surface area (Å²) in [5.41, 5.74) is 1.25. The Balaban J connectivity index is 1.40. The topological polar surface area (TPSA) is 85.2 Å². The summed E-state index contributed by atoms with van der Waals surface area (Å²) in [4.78, 5) is 25.2. The number of aromatic nitrogens is 2. The molecule has 1 saturated heterocycles. The van der Waals surface area contributed by atoms with Gasteiger partial charge in [-0.2, -0.15) is 5.26 Å². The Morgan fingerprint density at radius 1 is 1.29 bits per heavy atom. The van der Waals surface area contributed by atoms with E-state index in [4.69, 9.17) is 11.6 Å². The number of nitrogens with zero attached hydrogens (tertiary/aromatic N) is 5. The Morgan fingerprint density at radius 3 is 2.81 bits per heavy atom. The zero-order valence-electron chi connectivity index (χ0n) is 16.4. The van der Waals surface area contributed by atoms with Gasteiger partial charge in [-0.05, 0) is 24.3 Å². The van der Waals surface area contributed by atoms with Gasteiger partial charge in [-0.25, -0.2) is 14.4 Å². The summed E-state index contributed by atoms with van der Waals surface area (Å²) >= 11 is 7.25. The number of anilines is 2. The fourth-order valence-corrected chi connectivity index (χ4v) is 4.08. The molecule has 0 bridgehead atoms. The zero-order chi connectivity index (χ0) is 21.8. The van der Waals surface area contributed by atoms with Crippen LogP contribution in [-0.4, -0.2) is 51.9 Å². The van der Waals surface area contributed by atoms with Gasteiger partial charge in [0.05, 0.1) is 27.9 Å². The SMILES string of the molecule is N#Cc1cc(CN2CCN(C(=O)c3cccc(Cl)c3F)CC2)nc(Nc2nccs2)c1. The van der Waals surface area contributed by atoms with E-state index in [0.29, 0.717) is 49.2 Å². The number of nitrogens with one attached hydrogen (secondary N) is 1.